The number of halogens is 1. The number of hydrogen-bond acceptors (Lipinski definition) is 3. The van der Waals surface area contributed by atoms with Crippen LogP contribution in [0.5, 0.6) is 5.75 Å². The van der Waals surface area contributed by atoms with Gasteiger partial charge in [-0.2, -0.15) is 0 Å². The summed E-state index contributed by atoms with van der Waals surface area (Å²) in [5.41, 5.74) is 2.94. The molecule has 0 spiro atoms. The highest BCUT2D eigenvalue weighted by Crippen LogP contribution is 2.20. The molecule has 0 aliphatic heterocycles. The van der Waals surface area contributed by atoms with Crippen LogP contribution in [-0.2, 0) is 16.1 Å². The van der Waals surface area contributed by atoms with E-state index in [-0.39, 0.29) is 31.0 Å². The van der Waals surface area contributed by atoms with E-state index in [1.54, 1.807) is 19.1 Å². The fourth-order valence-electron chi connectivity index (χ4n) is 3.00. The van der Waals surface area contributed by atoms with Crippen molar-refractivity contribution < 1.29 is 14.3 Å². The minimum Gasteiger partial charge on any atom is -0.483 e. The van der Waals surface area contributed by atoms with Crippen LogP contribution in [0, 0.1) is 13.8 Å². The van der Waals surface area contributed by atoms with Gasteiger partial charge in [0.2, 0.25) is 5.91 Å². The van der Waals surface area contributed by atoms with Crippen LogP contribution in [0.4, 0.5) is 0 Å². The van der Waals surface area contributed by atoms with Gasteiger partial charge in [-0.3, -0.25) is 9.59 Å². The highest BCUT2D eigenvalue weighted by Gasteiger charge is 2.27. The minimum absolute atomic E-state index is 0.0143. The van der Waals surface area contributed by atoms with Gasteiger partial charge in [0.25, 0.3) is 5.91 Å². The van der Waals surface area contributed by atoms with Gasteiger partial charge in [0, 0.05) is 17.6 Å². The van der Waals surface area contributed by atoms with Gasteiger partial charge in [-0.25, -0.2) is 0 Å². The van der Waals surface area contributed by atoms with E-state index in [4.69, 9.17) is 16.3 Å². The third-order valence-electron chi connectivity index (χ3n) is 4.52. The number of carbonyl (C=O) groups excluding carboxylic acids is 2. The predicted molar refractivity (Wildman–Crippen MR) is 116 cm³/mol. The average Bonchev–Trinajstić information content (AvgIpc) is 2.64. The second-order valence-corrected chi connectivity index (χ2v) is 7.98. The van der Waals surface area contributed by atoms with Gasteiger partial charge in [0.1, 0.15) is 11.8 Å². The van der Waals surface area contributed by atoms with Crippen molar-refractivity contribution in [3.8, 4) is 5.75 Å². The van der Waals surface area contributed by atoms with E-state index >= 15 is 0 Å². The van der Waals surface area contributed by atoms with Gasteiger partial charge in [0.15, 0.2) is 6.61 Å². The van der Waals surface area contributed by atoms with Crippen LogP contribution in [0.15, 0.2) is 42.5 Å². The second-order valence-electron chi connectivity index (χ2n) is 7.55. The molecule has 2 amide bonds. The zero-order valence-corrected chi connectivity index (χ0v) is 18.4. The zero-order chi connectivity index (χ0) is 21.6. The van der Waals surface area contributed by atoms with E-state index in [1.165, 1.54) is 4.90 Å². The first kappa shape index (κ1) is 22.8. The largest absolute Gasteiger partial charge is 0.483 e. The highest BCUT2D eigenvalue weighted by molar-refractivity contribution is 6.30. The summed E-state index contributed by atoms with van der Waals surface area (Å²) in [6, 6.07) is 12.4. The molecule has 0 saturated carbocycles. The number of benzene rings is 2. The van der Waals surface area contributed by atoms with E-state index in [1.807, 2.05) is 58.0 Å². The van der Waals surface area contributed by atoms with E-state index in [0.29, 0.717) is 10.8 Å². The number of carbonyl (C=O) groups is 2. The van der Waals surface area contributed by atoms with Crippen molar-refractivity contribution in [2.75, 3.05) is 6.61 Å². The summed E-state index contributed by atoms with van der Waals surface area (Å²) in [6.07, 6.45) is 0. The molecule has 0 radical (unpaired) electrons. The van der Waals surface area contributed by atoms with Crippen molar-refractivity contribution in [3.63, 3.8) is 0 Å². The number of amides is 2. The topological polar surface area (TPSA) is 58.6 Å². The molecular weight excluding hydrogens is 388 g/mol. The Morgan fingerprint density at radius 1 is 1.10 bits per heavy atom. The lowest BCUT2D eigenvalue weighted by Crippen LogP contribution is -2.50. The quantitative estimate of drug-likeness (QED) is 0.698. The summed E-state index contributed by atoms with van der Waals surface area (Å²) in [7, 11) is 0. The molecule has 1 atom stereocenters. The van der Waals surface area contributed by atoms with Crippen molar-refractivity contribution in [2.45, 2.75) is 53.2 Å². The molecule has 1 unspecified atom stereocenters. The van der Waals surface area contributed by atoms with E-state index in [2.05, 4.69) is 5.32 Å². The standard InChI is InChI=1S/C23H29ClN2O3/c1-15(2)25-23(28)18(5)26(13-19-7-6-8-20(24)12-19)22(27)14-29-21-10-9-16(3)11-17(21)4/h6-12,15,18H,13-14H2,1-5H3,(H,25,28). The van der Waals surface area contributed by atoms with Gasteiger partial charge >= 0.3 is 0 Å². The summed E-state index contributed by atoms with van der Waals surface area (Å²) in [4.78, 5) is 27.1. The van der Waals surface area contributed by atoms with Crippen LogP contribution in [0.3, 0.4) is 0 Å². The van der Waals surface area contributed by atoms with Gasteiger partial charge in [-0.15, -0.1) is 0 Å². The van der Waals surface area contributed by atoms with E-state index in [0.717, 1.165) is 16.7 Å². The minimum atomic E-state index is -0.647. The molecule has 156 valence electrons. The summed E-state index contributed by atoms with van der Waals surface area (Å²) in [5.74, 6) is 0.184. The number of nitrogens with one attached hydrogen (secondary N) is 1. The van der Waals surface area contributed by atoms with Crippen molar-refractivity contribution in [1.29, 1.82) is 0 Å². The Bertz CT molecular complexity index is 867. The normalized spacial score (nSPS) is 11.8. The van der Waals surface area contributed by atoms with E-state index < -0.39 is 6.04 Å². The summed E-state index contributed by atoms with van der Waals surface area (Å²) >= 11 is 6.08. The molecule has 2 aromatic rings. The van der Waals surface area contributed by atoms with Crippen LogP contribution >= 0.6 is 11.6 Å². The fraction of sp³-hybridized carbons (Fsp3) is 0.391. The molecule has 0 aromatic heterocycles. The summed E-state index contributed by atoms with van der Waals surface area (Å²) in [5, 5.41) is 3.45. The molecule has 1 N–H and O–H groups in total. The van der Waals surface area contributed by atoms with Crippen molar-refractivity contribution in [1.82, 2.24) is 10.2 Å². The number of hydrogen-bond donors (Lipinski definition) is 1. The van der Waals surface area contributed by atoms with Gasteiger partial charge in [-0.05, 0) is 63.9 Å². The highest BCUT2D eigenvalue weighted by atomic mass is 35.5. The third kappa shape index (κ3) is 6.79. The third-order valence-corrected chi connectivity index (χ3v) is 4.76. The van der Waals surface area contributed by atoms with Gasteiger partial charge in [-0.1, -0.05) is 41.4 Å². The molecule has 29 heavy (non-hydrogen) atoms. The Balaban J connectivity index is 2.17. The van der Waals surface area contributed by atoms with Crippen LogP contribution in [0.1, 0.15) is 37.5 Å². The Hall–Kier alpha value is -2.53. The molecule has 0 bridgehead atoms. The Kier molecular flexibility index (Phi) is 8.09. The smallest absolute Gasteiger partial charge is 0.261 e. The number of aryl methyl sites for hydroxylation is 2. The Morgan fingerprint density at radius 3 is 2.45 bits per heavy atom. The van der Waals surface area contributed by atoms with Crippen LogP contribution < -0.4 is 10.1 Å². The molecule has 0 aliphatic rings. The number of nitrogens with zero attached hydrogens (tertiary/aromatic N) is 1. The molecule has 5 nitrogen and oxygen atoms in total. The molecule has 0 heterocycles. The Morgan fingerprint density at radius 2 is 1.83 bits per heavy atom. The van der Waals surface area contributed by atoms with E-state index in [9.17, 15) is 9.59 Å². The zero-order valence-electron chi connectivity index (χ0n) is 17.7. The Labute approximate surface area is 178 Å². The SMILES string of the molecule is Cc1ccc(OCC(=O)N(Cc2cccc(Cl)c2)C(C)C(=O)NC(C)C)c(C)c1. The van der Waals surface area contributed by atoms with Crippen LogP contribution in [0.25, 0.3) is 0 Å². The number of ether oxygens (including phenoxy) is 1. The second kappa shape index (κ2) is 10.3. The predicted octanol–water partition coefficient (Wildman–Crippen LogP) is 4.28. The summed E-state index contributed by atoms with van der Waals surface area (Å²) in [6.45, 7) is 9.55. The van der Waals surface area contributed by atoms with Gasteiger partial charge < -0.3 is 15.0 Å². The monoisotopic (exact) mass is 416 g/mol. The number of rotatable bonds is 8. The lowest BCUT2D eigenvalue weighted by Gasteiger charge is -2.29. The molecule has 2 aromatic carbocycles. The maximum absolute atomic E-state index is 13.0. The van der Waals surface area contributed by atoms with Crippen molar-refractivity contribution in [2.24, 2.45) is 0 Å². The first-order valence-electron chi connectivity index (χ1n) is 9.71. The summed E-state index contributed by atoms with van der Waals surface area (Å²) < 4.78 is 5.76. The fourth-order valence-corrected chi connectivity index (χ4v) is 3.22. The van der Waals surface area contributed by atoms with Crippen molar-refractivity contribution in [3.05, 3.63) is 64.2 Å². The first-order chi connectivity index (χ1) is 13.7. The molecule has 0 saturated heterocycles. The lowest BCUT2D eigenvalue weighted by molar-refractivity contribution is -0.142. The average molecular weight is 417 g/mol. The first-order valence-corrected chi connectivity index (χ1v) is 10.1. The van der Waals surface area contributed by atoms with Crippen molar-refractivity contribution >= 4 is 23.4 Å². The van der Waals surface area contributed by atoms with Crippen LogP contribution in [-0.4, -0.2) is 35.4 Å². The van der Waals surface area contributed by atoms with Crippen LogP contribution in [0.2, 0.25) is 5.02 Å². The molecule has 0 fully saturated rings. The maximum atomic E-state index is 13.0. The maximum Gasteiger partial charge on any atom is 0.261 e. The molecule has 6 heteroatoms. The van der Waals surface area contributed by atoms with Gasteiger partial charge in [0.05, 0.1) is 0 Å². The molecular formula is C23H29ClN2O3. The molecule has 2 rings (SSSR count). The lowest BCUT2D eigenvalue weighted by atomic mass is 10.1. The molecule has 0 aliphatic carbocycles.